The molecule has 0 saturated carbocycles. The van der Waals surface area contributed by atoms with Crippen molar-refractivity contribution < 1.29 is 8.91 Å². The van der Waals surface area contributed by atoms with Crippen LogP contribution in [0.3, 0.4) is 0 Å². The molecule has 0 N–H and O–H groups in total. The van der Waals surface area contributed by atoms with Crippen molar-refractivity contribution in [3.63, 3.8) is 0 Å². The highest BCUT2D eigenvalue weighted by atomic mass is 35.5. The Bertz CT molecular complexity index is 1540. The Balaban J connectivity index is 1.56. The molecular weight excluding hydrogens is 474 g/mol. The molecule has 0 radical (unpaired) electrons. The SMILES string of the molecule is Cc1c(-c2nc(-c3ccccc3Cl)no2)sc2ncn(Cc3ccc(F)cc3Cl)c(=O)c12. The maximum absolute atomic E-state index is 13.3. The first kappa shape index (κ1) is 20.8. The van der Waals surface area contributed by atoms with Crippen LogP contribution in [-0.4, -0.2) is 19.7 Å². The summed E-state index contributed by atoms with van der Waals surface area (Å²) in [4.78, 5) is 23.3. The van der Waals surface area contributed by atoms with E-state index in [0.29, 0.717) is 42.6 Å². The van der Waals surface area contributed by atoms with Gasteiger partial charge in [-0.25, -0.2) is 9.37 Å². The summed E-state index contributed by atoms with van der Waals surface area (Å²) in [7, 11) is 0. The summed E-state index contributed by atoms with van der Waals surface area (Å²) in [5, 5.41) is 5.25. The number of benzene rings is 2. The van der Waals surface area contributed by atoms with Gasteiger partial charge in [0.05, 0.1) is 28.2 Å². The predicted molar refractivity (Wildman–Crippen MR) is 123 cm³/mol. The van der Waals surface area contributed by atoms with Gasteiger partial charge in [0.15, 0.2) is 0 Å². The van der Waals surface area contributed by atoms with Gasteiger partial charge in [-0.2, -0.15) is 4.98 Å². The van der Waals surface area contributed by atoms with E-state index in [0.717, 1.165) is 0 Å². The van der Waals surface area contributed by atoms with Gasteiger partial charge in [0.1, 0.15) is 10.6 Å². The minimum Gasteiger partial charge on any atom is -0.333 e. The quantitative estimate of drug-likeness (QED) is 0.312. The van der Waals surface area contributed by atoms with Crippen molar-refractivity contribution in [1.82, 2.24) is 19.7 Å². The molecule has 5 aromatic rings. The lowest BCUT2D eigenvalue weighted by Gasteiger charge is -2.07. The normalized spacial score (nSPS) is 11.4. The van der Waals surface area contributed by atoms with E-state index in [1.807, 2.05) is 19.1 Å². The van der Waals surface area contributed by atoms with Crippen molar-refractivity contribution in [1.29, 1.82) is 0 Å². The number of halogens is 3. The Hall–Kier alpha value is -3.07. The number of rotatable bonds is 4. The smallest absolute Gasteiger partial charge is 0.268 e. The van der Waals surface area contributed by atoms with Crippen LogP contribution >= 0.6 is 34.5 Å². The highest BCUT2D eigenvalue weighted by Gasteiger charge is 2.21. The molecule has 160 valence electrons. The lowest BCUT2D eigenvalue weighted by Crippen LogP contribution is -2.21. The first-order chi connectivity index (χ1) is 15.4. The van der Waals surface area contributed by atoms with E-state index in [4.69, 9.17) is 27.7 Å². The predicted octanol–water partition coefficient (Wildman–Crippen LogP) is 5.98. The molecule has 0 unspecified atom stereocenters. The van der Waals surface area contributed by atoms with Crippen LogP contribution in [0.4, 0.5) is 4.39 Å². The molecule has 0 atom stereocenters. The Morgan fingerprint density at radius 3 is 2.75 bits per heavy atom. The van der Waals surface area contributed by atoms with Gasteiger partial charge in [-0.1, -0.05) is 46.6 Å². The second kappa shape index (κ2) is 8.12. The minimum atomic E-state index is -0.436. The van der Waals surface area contributed by atoms with Gasteiger partial charge >= 0.3 is 0 Å². The molecule has 0 aliphatic rings. The zero-order valence-electron chi connectivity index (χ0n) is 16.5. The third-order valence-electron chi connectivity index (χ3n) is 5.01. The van der Waals surface area contributed by atoms with Crippen LogP contribution in [0.2, 0.25) is 10.0 Å². The first-order valence-corrected chi connectivity index (χ1v) is 11.0. The maximum Gasteiger partial charge on any atom is 0.268 e. The fraction of sp³-hybridized carbons (Fsp3) is 0.0909. The molecule has 10 heteroatoms. The summed E-state index contributed by atoms with van der Waals surface area (Å²) in [6, 6.07) is 11.3. The van der Waals surface area contributed by atoms with E-state index in [-0.39, 0.29) is 23.0 Å². The van der Waals surface area contributed by atoms with Crippen LogP contribution < -0.4 is 5.56 Å². The average molecular weight is 487 g/mol. The number of thiophene rings is 1. The molecule has 0 bridgehead atoms. The summed E-state index contributed by atoms with van der Waals surface area (Å²) < 4.78 is 20.2. The van der Waals surface area contributed by atoms with Gasteiger partial charge in [-0.3, -0.25) is 9.36 Å². The van der Waals surface area contributed by atoms with Gasteiger partial charge in [-0.05, 0) is 42.3 Å². The third kappa shape index (κ3) is 3.60. The third-order valence-corrected chi connectivity index (χ3v) is 6.88. The van der Waals surface area contributed by atoms with Crippen molar-refractivity contribution >= 4 is 44.8 Å². The molecule has 0 aliphatic heterocycles. The number of aromatic nitrogens is 4. The van der Waals surface area contributed by atoms with Crippen molar-refractivity contribution in [3.05, 3.63) is 86.1 Å². The Kier molecular flexibility index (Phi) is 5.28. The van der Waals surface area contributed by atoms with Crippen molar-refractivity contribution in [2.24, 2.45) is 0 Å². The van der Waals surface area contributed by atoms with Gasteiger partial charge in [-0.15, -0.1) is 11.3 Å². The molecule has 0 amide bonds. The second-order valence-electron chi connectivity index (χ2n) is 7.05. The van der Waals surface area contributed by atoms with E-state index in [1.54, 1.807) is 18.2 Å². The monoisotopic (exact) mass is 486 g/mol. The van der Waals surface area contributed by atoms with Crippen LogP contribution in [0.5, 0.6) is 0 Å². The molecule has 0 spiro atoms. The standard InChI is InChI=1S/C22H13Cl2FN4O2S/c1-11-17-21(26-10-29(22(17)30)9-12-6-7-13(25)8-16(12)24)32-18(11)20-27-19(28-31-20)14-4-2-3-5-15(14)23/h2-8,10H,9H2,1H3. The van der Waals surface area contributed by atoms with Crippen molar-refractivity contribution in [2.75, 3.05) is 0 Å². The van der Waals surface area contributed by atoms with Crippen LogP contribution in [0.1, 0.15) is 11.1 Å². The molecule has 0 fully saturated rings. The molecule has 2 aromatic carbocycles. The number of fused-ring (bicyclic) bond motifs is 1. The fourth-order valence-corrected chi connectivity index (χ4v) is 4.89. The maximum atomic E-state index is 13.3. The van der Waals surface area contributed by atoms with E-state index in [1.165, 1.54) is 34.4 Å². The molecule has 0 saturated heterocycles. The van der Waals surface area contributed by atoms with Gasteiger partial charge in [0.2, 0.25) is 5.82 Å². The Morgan fingerprint density at radius 1 is 1.16 bits per heavy atom. The molecule has 6 nitrogen and oxygen atoms in total. The molecule has 0 aliphatic carbocycles. The van der Waals surface area contributed by atoms with Crippen molar-refractivity contribution in [2.45, 2.75) is 13.5 Å². The topological polar surface area (TPSA) is 73.8 Å². The summed E-state index contributed by atoms with van der Waals surface area (Å²) in [6.45, 7) is 1.98. The Labute approximate surface area is 194 Å². The van der Waals surface area contributed by atoms with Gasteiger partial charge in [0, 0.05) is 10.6 Å². The lowest BCUT2D eigenvalue weighted by atomic mass is 10.2. The highest BCUT2D eigenvalue weighted by molar-refractivity contribution is 7.22. The van der Waals surface area contributed by atoms with E-state index in [2.05, 4.69) is 15.1 Å². The first-order valence-electron chi connectivity index (χ1n) is 9.44. The zero-order valence-corrected chi connectivity index (χ0v) is 18.8. The van der Waals surface area contributed by atoms with Crippen molar-refractivity contribution in [3.8, 4) is 22.2 Å². The summed E-state index contributed by atoms with van der Waals surface area (Å²) in [6.07, 6.45) is 1.45. The molecule has 5 rings (SSSR count). The molecule has 3 aromatic heterocycles. The minimum absolute atomic E-state index is 0.169. The fourth-order valence-electron chi connectivity index (χ4n) is 3.38. The average Bonchev–Trinajstić information content (AvgIpc) is 3.37. The molecular formula is C22H13Cl2FN4O2S. The summed E-state index contributed by atoms with van der Waals surface area (Å²) in [5.41, 5.74) is 1.72. The second-order valence-corrected chi connectivity index (χ2v) is 8.87. The van der Waals surface area contributed by atoms with Crippen LogP contribution in [-0.2, 0) is 6.54 Å². The summed E-state index contributed by atoms with van der Waals surface area (Å²) >= 11 is 13.6. The van der Waals surface area contributed by atoms with E-state index in [9.17, 15) is 9.18 Å². The van der Waals surface area contributed by atoms with Gasteiger partial charge in [0.25, 0.3) is 11.4 Å². The largest absolute Gasteiger partial charge is 0.333 e. The zero-order chi connectivity index (χ0) is 22.4. The highest BCUT2D eigenvalue weighted by Crippen LogP contribution is 2.36. The number of hydrogen-bond acceptors (Lipinski definition) is 6. The van der Waals surface area contributed by atoms with Crippen LogP contribution in [0, 0.1) is 12.7 Å². The number of nitrogens with zero attached hydrogens (tertiary/aromatic N) is 4. The molecule has 32 heavy (non-hydrogen) atoms. The molecule has 3 heterocycles. The number of aryl methyl sites for hydroxylation is 1. The van der Waals surface area contributed by atoms with Gasteiger partial charge < -0.3 is 4.52 Å². The van der Waals surface area contributed by atoms with Crippen LogP contribution in [0.25, 0.3) is 32.4 Å². The summed E-state index contributed by atoms with van der Waals surface area (Å²) in [5.74, 6) is 0.209. The van der Waals surface area contributed by atoms with E-state index < -0.39 is 5.82 Å². The lowest BCUT2D eigenvalue weighted by molar-refractivity contribution is 0.433. The Morgan fingerprint density at radius 2 is 1.97 bits per heavy atom. The van der Waals surface area contributed by atoms with Crippen LogP contribution in [0.15, 0.2) is 58.1 Å². The number of hydrogen-bond donors (Lipinski definition) is 0. The van der Waals surface area contributed by atoms with E-state index >= 15 is 0 Å².